The lowest BCUT2D eigenvalue weighted by Gasteiger charge is -2.13. The molecule has 184 valence electrons. The number of carbonyl (C=O) groups excluding carboxylic acids is 2. The molecule has 0 atom stereocenters. The molecule has 0 bridgehead atoms. The third kappa shape index (κ3) is 6.97. The molecular weight excluding hydrogens is 470 g/mol. The van der Waals surface area contributed by atoms with Crippen LogP contribution in [0.25, 0.3) is 0 Å². The van der Waals surface area contributed by atoms with Crippen LogP contribution in [-0.2, 0) is 21.4 Å². The first-order chi connectivity index (χ1) is 16.7. The third-order valence-corrected chi connectivity index (χ3v) is 6.48. The van der Waals surface area contributed by atoms with Crippen molar-refractivity contribution in [2.45, 2.75) is 18.4 Å². The van der Waals surface area contributed by atoms with E-state index in [4.69, 9.17) is 9.47 Å². The highest BCUT2D eigenvalue weighted by atomic mass is 32.2. The minimum Gasteiger partial charge on any atom is -0.497 e. The SMILES string of the molecule is COc1ccc(CNC(=O)CNC(=O)c2ccc(OC)c(S(=O)(=O)Nc3ccc(C)cc3)c2)cc1. The summed E-state index contributed by atoms with van der Waals surface area (Å²) in [5, 5.41) is 5.21. The van der Waals surface area contributed by atoms with Gasteiger partial charge >= 0.3 is 0 Å². The predicted molar refractivity (Wildman–Crippen MR) is 132 cm³/mol. The molecule has 0 aliphatic carbocycles. The number of carbonyl (C=O) groups is 2. The van der Waals surface area contributed by atoms with Crippen LogP contribution in [0.2, 0.25) is 0 Å². The van der Waals surface area contributed by atoms with Crippen LogP contribution in [0.1, 0.15) is 21.5 Å². The van der Waals surface area contributed by atoms with Crippen molar-refractivity contribution in [2.75, 3.05) is 25.5 Å². The lowest BCUT2D eigenvalue weighted by atomic mass is 10.2. The Balaban J connectivity index is 1.64. The van der Waals surface area contributed by atoms with Crippen LogP contribution in [0.3, 0.4) is 0 Å². The van der Waals surface area contributed by atoms with Crippen molar-refractivity contribution in [3.8, 4) is 11.5 Å². The zero-order chi connectivity index (χ0) is 25.4. The molecule has 0 aromatic heterocycles. The summed E-state index contributed by atoms with van der Waals surface area (Å²) in [4.78, 5) is 24.6. The number of anilines is 1. The number of hydrogen-bond donors (Lipinski definition) is 3. The highest BCUT2D eigenvalue weighted by Crippen LogP contribution is 2.27. The zero-order valence-corrected chi connectivity index (χ0v) is 20.4. The molecule has 0 saturated heterocycles. The number of sulfonamides is 1. The molecule has 3 rings (SSSR count). The van der Waals surface area contributed by atoms with E-state index in [0.717, 1.165) is 11.1 Å². The van der Waals surface area contributed by atoms with Gasteiger partial charge in [-0.2, -0.15) is 0 Å². The number of aryl methyl sites for hydroxylation is 1. The maximum atomic E-state index is 13.0. The predicted octanol–water partition coefficient (Wildman–Crippen LogP) is 2.86. The van der Waals surface area contributed by atoms with Crippen LogP contribution in [-0.4, -0.2) is 41.0 Å². The third-order valence-electron chi connectivity index (χ3n) is 5.08. The van der Waals surface area contributed by atoms with E-state index in [1.54, 1.807) is 43.5 Å². The molecule has 0 aliphatic heterocycles. The van der Waals surface area contributed by atoms with E-state index in [9.17, 15) is 18.0 Å². The van der Waals surface area contributed by atoms with Crippen LogP contribution in [0, 0.1) is 6.92 Å². The normalized spacial score (nSPS) is 10.8. The van der Waals surface area contributed by atoms with Crippen molar-refractivity contribution in [1.29, 1.82) is 0 Å². The molecule has 2 amide bonds. The molecule has 10 heteroatoms. The Hall–Kier alpha value is -4.05. The fraction of sp³-hybridized carbons (Fsp3) is 0.200. The largest absolute Gasteiger partial charge is 0.497 e. The van der Waals surface area contributed by atoms with Gasteiger partial charge in [0.1, 0.15) is 16.4 Å². The summed E-state index contributed by atoms with van der Waals surface area (Å²) in [7, 11) is -1.13. The van der Waals surface area contributed by atoms with Crippen molar-refractivity contribution in [1.82, 2.24) is 10.6 Å². The van der Waals surface area contributed by atoms with Gasteiger partial charge in [-0.25, -0.2) is 8.42 Å². The van der Waals surface area contributed by atoms with E-state index in [1.807, 2.05) is 19.1 Å². The van der Waals surface area contributed by atoms with E-state index in [2.05, 4.69) is 15.4 Å². The average molecular weight is 498 g/mol. The Kier molecular flexibility index (Phi) is 8.32. The summed E-state index contributed by atoms with van der Waals surface area (Å²) in [6.45, 7) is 1.90. The molecule has 3 N–H and O–H groups in total. The first-order valence-electron chi connectivity index (χ1n) is 10.7. The first kappa shape index (κ1) is 25.6. The maximum absolute atomic E-state index is 13.0. The summed E-state index contributed by atoms with van der Waals surface area (Å²) < 4.78 is 38.7. The molecule has 0 spiro atoms. The fourth-order valence-corrected chi connectivity index (χ4v) is 4.38. The minimum absolute atomic E-state index is 0.0676. The molecule has 3 aromatic rings. The molecule has 0 heterocycles. The fourth-order valence-electron chi connectivity index (χ4n) is 3.13. The minimum atomic E-state index is -4.04. The topological polar surface area (TPSA) is 123 Å². The Morgan fingerprint density at radius 1 is 0.857 bits per heavy atom. The summed E-state index contributed by atoms with van der Waals surface area (Å²) in [5.41, 5.74) is 2.30. The number of amides is 2. The molecule has 9 nitrogen and oxygen atoms in total. The van der Waals surface area contributed by atoms with Crippen LogP contribution in [0.4, 0.5) is 5.69 Å². The number of nitrogens with one attached hydrogen (secondary N) is 3. The standard InChI is InChI=1S/C25H27N3O6S/c1-17-4-9-20(10-5-17)28-35(31,32)23-14-19(8-13-22(23)34-3)25(30)27-16-24(29)26-15-18-6-11-21(33-2)12-7-18/h4-14,28H,15-16H2,1-3H3,(H,26,29)(H,27,30). The summed E-state index contributed by atoms with van der Waals surface area (Å²) in [6.07, 6.45) is 0. The van der Waals surface area contributed by atoms with Crippen LogP contribution >= 0.6 is 0 Å². The van der Waals surface area contributed by atoms with E-state index < -0.39 is 21.8 Å². The molecule has 0 aliphatic rings. The molecule has 0 radical (unpaired) electrons. The molecule has 3 aromatic carbocycles. The molecular formula is C25H27N3O6S. The lowest BCUT2D eigenvalue weighted by molar-refractivity contribution is -0.120. The van der Waals surface area contributed by atoms with Crippen molar-refractivity contribution >= 4 is 27.5 Å². The van der Waals surface area contributed by atoms with Crippen LogP contribution < -0.4 is 24.8 Å². The van der Waals surface area contributed by atoms with Crippen LogP contribution in [0.15, 0.2) is 71.6 Å². The Morgan fingerprint density at radius 2 is 1.54 bits per heavy atom. The molecule has 0 unspecified atom stereocenters. The van der Waals surface area contributed by atoms with E-state index in [-0.39, 0.29) is 29.3 Å². The second-order valence-corrected chi connectivity index (χ2v) is 9.30. The van der Waals surface area contributed by atoms with Gasteiger partial charge in [0, 0.05) is 17.8 Å². The highest BCUT2D eigenvalue weighted by Gasteiger charge is 2.22. The van der Waals surface area contributed by atoms with Gasteiger partial charge in [-0.05, 0) is 55.0 Å². The Morgan fingerprint density at radius 3 is 2.17 bits per heavy atom. The van der Waals surface area contributed by atoms with Gasteiger partial charge in [0.2, 0.25) is 5.91 Å². The number of ether oxygens (including phenoxy) is 2. The summed E-state index contributed by atoms with van der Waals surface area (Å²) in [5.74, 6) is -0.198. The second kappa shape index (κ2) is 11.4. The van der Waals surface area contributed by atoms with Gasteiger partial charge < -0.3 is 20.1 Å². The number of benzene rings is 3. The maximum Gasteiger partial charge on any atom is 0.265 e. The number of hydrogen-bond acceptors (Lipinski definition) is 6. The quantitative estimate of drug-likeness (QED) is 0.396. The Labute approximate surface area is 204 Å². The molecule has 35 heavy (non-hydrogen) atoms. The average Bonchev–Trinajstić information content (AvgIpc) is 2.87. The monoisotopic (exact) mass is 497 g/mol. The number of rotatable bonds is 10. The van der Waals surface area contributed by atoms with Gasteiger partial charge in [0.15, 0.2) is 0 Å². The van der Waals surface area contributed by atoms with Crippen molar-refractivity contribution < 1.29 is 27.5 Å². The van der Waals surface area contributed by atoms with Gasteiger partial charge in [-0.3, -0.25) is 14.3 Å². The van der Waals surface area contributed by atoms with Crippen LogP contribution in [0.5, 0.6) is 11.5 Å². The Bertz CT molecular complexity index is 1290. The lowest BCUT2D eigenvalue weighted by Crippen LogP contribution is -2.36. The van der Waals surface area contributed by atoms with Gasteiger partial charge in [0.25, 0.3) is 15.9 Å². The first-order valence-corrected chi connectivity index (χ1v) is 12.2. The van der Waals surface area contributed by atoms with Gasteiger partial charge in [-0.15, -0.1) is 0 Å². The van der Waals surface area contributed by atoms with E-state index in [1.165, 1.54) is 25.3 Å². The van der Waals surface area contributed by atoms with Crippen molar-refractivity contribution in [2.24, 2.45) is 0 Å². The number of methoxy groups -OCH3 is 2. The van der Waals surface area contributed by atoms with E-state index >= 15 is 0 Å². The smallest absolute Gasteiger partial charge is 0.265 e. The van der Waals surface area contributed by atoms with E-state index in [0.29, 0.717) is 11.4 Å². The van der Waals surface area contributed by atoms with Crippen molar-refractivity contribution in [3.05, 3.63) is 83.4 Å². The van der Waals surface area contributed by atoms with Gasteiger partial charge in [-0.1, -0.05) is 29.8 Å². The highest BCUT2D eigenvalue weighted by molar-refractivity contribution is 7.92. The van der Waals surface area contributed by atoms with Crippen molar-refractivity contribution in [3.63, 3.8) is 0 Å². The molecule has 0 saturated carbocycles. The zero-order valence-electron chi connectivity index (χ0n) is 19.6. The summed E-state index contributed by atoms with van der Waals surface area (Å²) >= 11 is 0. The second-order valence-electron chi connectivity index (χ2n) is 7.64. The van der Waals surface area contributed by atoms with Gasteiger partial charge in [0.05, 0.1) is 20.8 Å². The molecule has 0 fully saturated rings. The summed E-state index contributed by atoms with van der Waals surface area (Å²) in [6, 6.07) is 18.1.